The van der Waals surface area contributed by atoms with E-state index in [4.69, 9.17) is 5.11 Å². The number of rotatable bonds is 7. The van der Waals surface area contributed by atoms with Gasteiger partial charge in [0.25, 0.3) is 0 Å². The van der Waals surface area contributed by atoms with Gasteiger partial charge in [-0.25, -0.2) is 4.98 Å². The van der Waals surface area contributed by atoms with Crippen LogP contribution in [0.4, 0.5) is 0 Å². The topological polar surface area (TPSA) is 45.1 Å². The third kappa shape index (κ3) is 4.60. The predicted octanol–water partition coefficient (Wildman–Crippen LogP) is 2.20. The van der Waals surface area contributed by atoms with Crippen LogP contribution in [-0.2, 0) is 13.0 Å². The molecule has 3 nitrogen and oxygen atoms in total. The summed E-state index contributed by atoms with van der Waals surface area (Å²) in [5.41, 5.74) is 0. The van der Waals surface area contributed by atoms with Gasteiger partial charge < -0.3 is 10.4 Å². The van der Waals surface area contributed by atoms with Crippen LogP contribution >= 0.6 is 11.3 Å². The second-order valence-corrected chi connectivity index (χ2v) is 5.69. The molecule has 2 N–H and O–H groups in total. The minimum atomic E-state index is 0.203. The predicted molar refractivity (Wildman–Crippen MR) is 68.7 cm³/mol. The van der Waals surface area contributed by atoms with Gasteiger partial charge in [-0.2, -0.15) is 0 Å². The normalized spacial score (nSPS) is 13.3. The van der Waals surface area contributed by atoms with E-state index in [9.17, 15) is 0 Å². The Bertz CT molecular complexity index is 295. The van der Waals surface area contributed by atoms with Gasteiger partial charge in [0.15, 0.2) is 0 Å². The van der Waals surface area contributed by atoms with Crippen molar-refractivity contribution in [2.24, 2.45) is 5.92 Å². The summed E-state index contributed by atoms with van der Waals surface area (Å²) in [6, 6.07) is 0.204. The molecule has 1 aromatic rings. The molecule has 0 saturated carbocycles. The van der Waals surface area contributed by atoms with Gasteiger partial charge in [0.1, 0.15) is 0 Å². The van der Waals surface area contributed by atoms with E-state index in [2.05, 4.69) is 31.1 Å². The molecule has 0 saturated heterocycles. The molecule has 0 aliphatic heterocycles. The lowest BCUT2D eigenvalue weighted by molar-refractivity contribution is 0.238. The van der Waals surface area contributed by atoms with Gasteiger partial charge in [0.05, 0.1) is 11.6 Å². The highest BCUT2D eigenvalue weighted by Gasteiger charge is 2.07. The molecule has 0 aliphatic carbocycles. The molecule has 1 atom stereocenters. The van der Waals surface area contributed by atoms with Crippen molar-refractivity contribution in [2.45, 2.75) is 46.2 Å². The lowest BCUT2D eigenvalue weighted by Crippen LogP contribution is -2.30. The smallest absolute Gasteiger partial charge is 0.0930 e. The summed E-state index contributed by atoms with van der Waals surface area (Å²) >= 11 is 1.77. The van der Waals surface area contributed by atoms with E-state index < -0.39 is 0 Å². The van der Waals surface area contributed by atoms with Gasteiger partial charge in [-0.15, -0.1) is 11.3 Å². The van der Waals surface area contributed by atoms with Crippen molar-refractivity contribution in [1.29, 1.82) is 0 Å². The van der Waals surface area contributed by atoms with E-state index in [1.807, 2.05) is 6.20 Å². The highest BCUT2D eigenvalue weighted by atomic mass is 32.1. The zero-order chi connectivity index (χ0) is 12.0. The summed E-state index contributed by atoms with van der Waals surface area (Å²) in [4.78, 5) is 5.65. The Morgan fingerprint density at radius 3 is 2.81 bits per heavy atom. The SMILES string of the molecule is CC[C@H](CO)NCc1cnc(CC(C)C)s1. The fraction of sp³-hybridized carbons (Fsp3) is 0.750. The molecule has 4 heteroatoms. The van der Waals surface area contributed by atoms with Gasteiger partial charge >= 0.3 is 0 Å². The zero-order valence-corrected chi connectivity index (χ0v) is 11.2. The van der Waals surface area contributed by atoms with Gasteiger partial charge in [0.2, 0.25) is 0 Å². The maximum absolute atomic E-state index is 9.05. The largest absolute Gasteiger partial charge is 0.395 e. The molecule has 1 rings (SSSR count). The average Bonchev–Trinajstić information content (AvgIpc) is 2.66. The minimum Gasteiger partial charge on any atom is -0.395 e. The second kappa shape index (κ2) is 6.99. The monoisotopic (exact) mass is 242 g/mol. The fourth-order valence-corrected chi connectivity index (χ4v) is 2.54. The third-order valence-corrected chi connectivity index (χ3v) is 3.48. The number of nitrogens with one attached hydrogen (secondary N) is 1. The summed E-state index contributed by atoms with van der Waals surface area (Å²) < 4.78 is 0. The summed E-state index contributed by atoms with van der Waals surface area (Å²) in [5, 5.41) is 13.6. The number of aliphatic hydroxyl groups is 1. The first-order chi connectivity index (χ1) is 7.65. The molecule has 0 aromatic carbocycles. The summed E-state index contributed by atoms with van der Waals surface area (Å²) in [7, 11) is 0. The van der Waals surface area contributed by atoms with Crippen molar-refractivity contribution in [1.82, 2.24) is 10.3 Å². The number of hydrogen-bond donors (Lipinski definition) is 2. The van der Waals surface area contributed by atoms with Crippen molar-refractivity contribution >= 4 is 11.3 Å². The Hall–Kier alpha value is -0.450. The highest BCUT2D eigenvalue weighted by molar-refractivity contribution is 7.11. The molecule has 0 radical (unpaired) electrons. The first kappa shape index (κ1) is 13.6. The van der Waals surface area contributed by atoms with E-state index in [0.29, 0.717) is 5.92 Å². The number of aliphatic hydroxyl groups excluding tert-OH is 1. The molecule has 0 unspecified atom stereocenters. The Kier molecular flexibility index (Phi) is 5.95. The van der Waals surface area contributed by atoms with Crippen LogP contribution in [0.25, 0.3) is 0 Å². The lowest BCUT2D eigenvalue weighted by atomic mass is 10.1. The van der Waals surface area contributed by atoms with Crippen molar-refractivity contribution < 1.29 is 5.11 Å². The van der Waals surface area contributed by atoms with Crippen molar-refractivity contribution in [3.63, 3.8) is 0 Å². The Morgan fingerprint density at radius 1 is 1.50 bits per heavy atom. The van der Waals surface area contributed by atoms with Crippen molar-refractivity contribution in [2.75, 3.05) is 6.61 Å². The van der Waals surface area contributed by atoms with Crippen LogP contribution in [0, 0.1) is 5.92 Å². The molecular weight excluding hydrogens is 220 g/mol. The summed E-state index contributed by atoms with van der Waals surface area (Å²) in [5.74, 6) is 0.660. The molecule has 0 fully saturated rings. The van der Waals surface area contributed by atoms with Crippen LogP contribution in [0.15, 0.2) is 6.20 Å². The van der Waals surface area contributed by atoms with E-state index in [1.54, 1.807) is 11.3 Å². The van der Waals surface area contributed by atoms with Gasteiger partial charge in [-0.1, -0.05) is 20.8 Å². The van der Waals surface area contributed by atoms with Gasteiger partial charge in [-0.05, 0) is 12.3 Å². The number of aromatic nitrogens is 1. The van der Waals surface area contributed by atoms with E-state index in [1.165, 1.54) is 9.88 Å². The highest BCUT2D eigenvalue weighted by Crippen LogP contribution is 2.16. The first-order valence-electron chi connectivity index (χ1n) is 5.93. The Morgan fingerprint density at radius 2 is 2.25 bits per heavy atom. The Balaban J connectivity index is 2.39. The van der Waals surface area contributed by atoms with Gasteiger partial charge in [-0.3, -0.25) is 0 Å². The second-order valence-electron chi connectivity index (χ2n) is 4.49. The molecule has 0 bridgehead atoms. The standard InChI is InChI=1S/C12H22N2OS/c1-4-10(8-15)13-6-11-7-14-12(16-11)5-9(2)3/h7,9-10,13,15H,4-6,8H2,1-3H3/t10-/m1/s1. The van der Waals surface area contributed by atoms with Crippen LogP contribution in [0.2, 0.25) is 0 Å². The minimum absolute atomic E-state index is 0.203. The molecule has 0 aliphatic rings. The van der Waals surface area contributed by atoms with Crippen molar-refractivity contribution in [3.05, 3.63) is 16.1 Å². The third-order valence-electron chi connectivity index (χ3n) is 2.46. The maximum Gasteiger partial charge on any atom is 0.0930 e. The molecule has 16 heavy (non-hydrogen) atoms. The molecular formula is C12H22N2OS. The molecule has 0 spiro atoms. The van der Waals surface area contributed by atoms with Crippen LogP contribution in [-0.4, -0.2) is 22.7 Å². The maximum atomic E-state index is 9.05. The fourth-order valence-electron chi connectivity index (χ4n) is 1.46. The van der Waals surface area contributed by atoms with E-state index in [-0.39, 0.29) is 12.6 Å². The molecule has 1 heterocycles. The number of thiazole rings is 1. The summed E-state index contributed by atoms with van der Waals surface area (Å²) in [6.45, 7) is 7.50. The average molecular weight is 242 g/mol. The first-order valence-corrected chi connectivity index (χ1v) is 6.75. The van der Waals surface area contributed by atoms with E-state index >= 15 is 0 Å². The van der Waals surface area contributed by atoms with Crippen LogP contribution in [0.3, 0.4) is 0 Å². The zero-order valence-electron chi connectivity index (χ0n) is 10.4. The quantitative estimate of drug-likeness (QED) is 0.770. The summed E-state index contributed by atoms with van der Waals surface area (Å²) in [6.07, 6.45) is 3.95. The molecule has 1 aromatic heterocycles. The molecule has 92 valence electrons. The Labute approximate surface area is 102 Å². The van der Waals surface area contributed by atoms with Crippen molar-refractivity contribution in [3.8, 4) is 0 Å². The lowest BCUT2D eigenvalue weighted by Gasteiger charge is -2.12. The van der Waals surface area contributed by atoms with Crippen LogP contribution in [0.1, 0.15) is 37.1 Å². The number of hydrogen-bond acceptors (Lipinski definition) is 4. The van der Waals surface area contributed by atoms with Gasteiger partial charge in [0, 0.05) is 30.1 Å². The van der Waals surface area contributed by atoms with E-state index in [0.717, 1.165) is 19.4 Å². The number of nitrogens with zero attached hydrogens (tertiary/aromatic N) is 1. The molecule has 0 amide bonds. The van der Waals surface area contributed by atoms with Crippen LogP contribution in [0.5, 0.6) is 0 Å². The van der Waals surface area contributed by atoms with Crippen LogP contribution < -0.4 is 5.32 Å².